The van der Waals surface area contributed by atoms with Gasteiger partial charge in [0, 0.05) is 30.7 Å². The van der Waals surface area contributed by atoms with Gasteiger partial charge in [0.2, 0.25) is 11.8 Å². The van der Waals surface area contributed by atoms with Crippen LogP contribution in [0.3, 0.4) is 0 Å². The van der Waals surface area contributed by atoms with Crippen molar-refractivity contribution in [2.45, 2.75) is 56.7 Å². The fourth-order valence-corrected chi connectivity index (χ4v) is 4.54. The van der Waals surface area contributed by atoms with E-state index in [9.17, 15) is 9.59 Å². The first-order valence-electron chi connectivity index (χ1n) is 9.11. The van der Waals surface area contributed by atoms with E-state index in [1.54, 1.807) is 4.90 Å². The molecule has 3 aliphatic heterocycles. The molecule has 0 aromatic heterocycles. The topological polar surface area (TPSA) is 61.4 Å². The summed E-state index contributed by atoms with van der Waals surface area (Å²) in [5.74, 6) is 0.514. The van der Waals surface area contributed by atoms with Crippen LogP contribution in [-0.2, 0) is 9.59 Å². The van der Waals surface area contributed by atoms with E-state index in [1.165, 1.54) is 12.8 Å². The summed E-state index contributed by atoms with van der Waals surface area (Å²) in [7, 11) is 0. The molecule has 1 aromatic rings. The van der Waals surface area contributed by atoms with Gasteiger partial charge in [0.15, 0.2) is 0 Å². The Bertz CT molecular complexity index is 606. The highest BCUT2D eigenvalue weighted by Crippen LogP contribution is 2.32. The number of hydrogen-bond acceptors (Lipinski definition) is 3. The zero-order valence-electron chi connectivity index (χ0n) is 13.9. The third kappa shape index (κ3) is 3.18. The first-order chi connectivity index (χ1) is 11.7. The molecule has 3 unspecified atom stereocenters. The molecule has 2 bridgehead atoms. The minimum Gasteiger partial charge on any atom is -0.344 e. The Labute approximate surface area is 142 Å². The Hall–Kier alpha value is -1.88. The number of carbonyl (C=O) groups is 2. The summed E-state index contributed by atoms with van der Waals surface area (Å²) in [5.41, 5.74) is 0.911. The van der Waals surface area contributed by atoms with Crippen LogP contribution < -0.4 is 15.5 Å². The molecule has 0 aliphatic carbocycles. The first-order valence-corrected chi connectivity index (χ1v) is 9.11. The van der Waals surface area contributed by atoms with Crippen LogP contribution >= 0.6 is 0 Å². The summed E-state index contributed by atoms with van der Waals surface area (Å²) in [5, 5.41) is 6.58. The van der Waals surface area contributed by atoms with E-state index in [4.69, 9.17) is 0 Å². The maximum atomic E-state index is 12.5. The highest BCUT2D eigenvalue weighted by atomic mass is 16.2. The van der Waals surface area contributed by atoms with Crippen LogP contribution in [0.4, 0.5) is 5.69 Å². The number of amides is 2. The van der Waals surface area contributed by atoms with Gasteiger partial charge >= 0.3 is 0 Å². The van der Waals surface area contributed by atoms with E-state index >= 15 is 0 Å². The third-order valence-corrected chi connectivity index (χ3v) is 5.65. The summed E-state index contributed by atoms with van der Waals surface area (Å²) in [6.07, 6.45) is 5.93. The molecule has 3 fully saturated rings. The number of para-hydroxylation sites is 1. The van der Waals surface area contributed by atoms with Crippen LogP contribution in [-0.4, -0.2) is 36.5 Å². The lowest BCUT2D eigenvalue weighted by atomic mass is 9.89. The molecule has 1 aromatic carbocycles. The van der Waals surface area contributed by atoms with Crippen LogP contribution in [0.5, 0.6) is 0 Å². The molecule has 2 amide bonds. The summed E-state index contributed by atoms with van der Waals surface area (Å²) in [6.45, 7) is 0.672. The molecule has 3 aliphatic rings. The number of carbonyl (C=O) groups excluding carboxylic acids is 2. The normalized spacial score (nSPS) is 32.2. The number of hydrogen-bond donors (Lipinski definition) is 2. The lowest BCUT2D eigenvalue weighted by molar-refractivity contribution is -0.127. The van der Waals surface area contributed by atoms with E-state index in [0.717, 1.165) is 18.5 Å². The van der Waals surface area contributed by atoms with Crippen molar-refractivity contribution < 1.29 is 9.59 Å². The van der Waals surface area contributed by atoms with Crippen molar-refractivity contribution in [1.82, 2.24) is 10.6 Å². The quantitative estimate of drug-likeness (QED) is 0.887. The maximum Gasteiger partial charge on any atom is 0.249 e. The van der Waals surface area contributed by atoms with Gasteiger partial charge in [-0.05, 0) is 50.2 Å². The number of piperidine rings is 1. The van der Waals surface area contributed by atoms with E-state index in [2.05, 4.69) is 10.6 Å². The van der Waals surface area contributed by atoms with Crippen molar-refractivity contribution in [2.75, 3.05) is 11.4 Å². The molecule has 3 heterocycles. The SMILES string of the molecule is O=C(CC1CC2CCC(C1)N2)NC1CCN(c2ccccc2)C1=O. The smallest absolute Gasteiger partial charge is 0.249 e. The van der Waals surface area contributed by atoms with E-state index in [-0.39, 0.29) is 17.9 Å². The molecule has 2 N–H and O–H groups in total. The molecule has 128 valence electrons. The van der Waals surface area contributed by atoms with Gasteiger partial charge < -0.3 is 15.5 Å². The van der Waals surface area contributed by atoms with Crippen LogP contribution in [0.15, 0.2) is 30.3 Å². The molecule has 3 saturated heterocycles. The summed E-state index contributed by atoms with van der Waals surface area (Å²) < 4.78 is 0. The number of anilines is 1. The Balaban J connectivity index is 1.31. The monoisotopic (exact) mass is 327 g/mol. The third-order valence-electron chi connectivity index (χ3n) is 5.65. The lowest BCUT2D eigenvalue weighted by Gasteiger charge is -2.28. The molecule has 4 rings (SSSR count). The zero-order chi connectivity index (χ0) is 16.5. The molecule has 5 heteroatoms. The Morgan fingerprint density at radius 1 is 1.12 bits per heavy atom. The minimum absolute atomic E-state index is 0.0138. The number of fused-ring (bicyclic) bond motifs is 2. The molecule has 24 heavy (non-hydrogen) atoms. The van der Waals surface area contributed by atoms with Gasteiger partial charge in [-0.2, -0.15) is 0 Å². The highest BCUT2D eigenvalue weighted by Gasteiger charge is 2.36. The Kier molecular flexibility index (Phi) is 4.27. The van der Waals surface area contributed by atoms with Crippen LogP contribution in [0.2, 0.25) is 0 Å². The average Bonchev–Trinajstić information content (AvgIpc) is 3.11. The number of rotatable bonds is 4. The van der Waals surface area contributed by atoms with E-state index in [1.807, 2.05) is 30.3 Å². The van der Waals surface area contributed by atoms with E-state index < -0.39 is 0 Å². The van der Waals surface area contributed by atoms with Gasteiger partial charge in [-0.15, -0.1) is 0 Å². The number of nitrogens with zero attached hydrogens (tertiary/aromatic N) is 1. The van der Waals surface area contributed by atoms with Gasteiger partial charge in [0.05, 0.1) is 0 Å². The van der Waals surface area contributed by atoms with Crippen molar-refractivity contribution in [3.63, 3.8) is 0 Å². The van der Waals surface area contributed by atoms with Crippen molar-refractivity contribution in [2.24, 2.45) is 5.92 Å². The zero-order valence-corrected chi connectivity index (χ0v) is 13.9. The fourth-order valence-electron chi connectivity index (χ4n) is 4.54. The van der Waals surface area contributed by atoms with Crippen LogP contribution in [0, 0.1) is 5.92 Å². The number of benzene rings is 1. The first kappa shape index (κ1) is 15.6. The fraction of sp³-hybridized carbons (Fsp3) is 0.579. The molecule has 0 radical (unpaired) electrons. The van der Waals surface area contributed by atoms with Gasteiger partial charge in [-0.3, -0.25) is 9.59 Å². The predicted octanol–water partition coefficient (Wildman–Crippen LogP) is 1.83. The van der Waals surface area contributed by atoms with Gasteiger partial charge in [0.25, 0.3) is 0 Å². The Morgan fingerprint density at radius 2 is 1.83 bits per heavy atom. The molecular weight excluding hydrogens is 302 g/mol. The van der Waals surface area contributed by atoms with Gasteiger partial charge in [-0.1, -0.05) is 18.2 Å². The lowest BCUT2D eigenvalue weighted by Crippen LogP contribution is -2.44. The molecule has 5 nitrogen and oxygen atoms in total. The second kappa shape index (κ2) is 6.55. The second-order valence-corrected chi connectivity index (χ2v) is 7.41. The summed E-state index contributed by atoms with van der Waals surface area (Å²) in [4.78, 5) is 26.7. The largest absolute Gasteiger partial charge is 0.344 e. The average molecular weight is 327 g/mol. The Morgan fingerprint density at radius 3 is 2.54 bits per heavy atom. The summed E-state index contributed by atoms with van der Waals surface area (Å²) >= 11 is 0. The van der Waals surface area contributed by atoms with Crippen LogP contribution in [0.1, 0.15) is 38.5 Å². The van der Waals surface area contributed by atoms with Crippen molar-refractivity contribution in [3.05, 3.63) is 30.3 Å². The molecule has 0 spiro atoms. The molecular formula is C19H25N3O2. The maximum absolute atomic E-state index is 12.5. The van der Waals surface area contributed by atoms with Gasteiger partial charge in [0.1, 0.15) is 6.04 Å². The minimum atomic E-state index is -0.365. The van der Waals surface area contributed by atoms with Crippen LogP contribution in [0.25, 0.3) is 0 Å². The molecule has 3 atom stereocenters. The standard InChI is InChI=1S/C19H25N3O2/c23-18(12-13-10-14-6-7-15(11-13)20-14)21-17-8-9-22(19(17)24)16-4-2-1-3-5-16/h1-5,13-15,17,20H,6-12H2,(H,21,23). The second-order valence-electron chi connectivity index (χ2n) is 7.41. The van der Waals surface area contributed by atoms with Crippen molar-refractivity contribution >= 4 is 17.5 Å². The molecule has 0 saturated carbocycles. The number of nitrogens with one attached hydrogen (secondary N) is 2. The van der Waals surface area contributed by atoms with E-state index in [0.29, 0.717) is 37.4 Å². The van der Waals surface area contributed by atoms with Crippen molar-refractivity contribution in [3.8, 4) is 0 Å². The highest BCUT2D eigenvalue weighted by molar-refractivity contribution is 6.01. The van der Waals surface area contributed by atoms with Crippen molar-refractivity contribution in [1.29, 1.82) is 0 Å². The predicted molar refractivity (Wildman–Crippen MR) is 92.6 cm³/mol. The van der Waals surface area contributed by atoms with Gasteiger partial charge in [-0.25, -0.2) is 0 Å². The summed E-state index contributed by atoms with van der Waals surface area (Å²) in [6, 6.07) is 10.5.